The Morgan fingerprint density at radius 1 is 0.956 bits per heavy atom. The van der Waals surface area contributed by atoms with E-state index in [0.717, 1.165) is 53.9 Å². The fourth-order valence-corrected chi connectivity index (χ4v) is 5.41. The molecule has 9 heteroatoms. The minimum atomic E-state index is -4.68. The van der Waals surface area contributed by atoms with Gasteiger partial charge in [-0.3, -0.25) is 9.59 Å². The molecule has 0 fully saturated rings. The first-order valence-electron chi connectivity index (χ1n) is 14.5. The first-order valence-corrected chi connectivity index (χ1v) is 14.5. The molecule has 0 spiro atoms. The molecule has 2 unspecified atom stereocenters. The van der Waals surface area contributed by atoms with Crippen molar-refractivity contribution in [2.75, 3.05) is 0 Å². The predicted octanol–water partition coefficient (Wildman–Crippen LogP) is 7.83. The average Bonchev–Trinajstić information content (AvgIpc) is 3.30. The van der Waals surface area contributed by atoms with Crippen molar-refractivity contribution >= 4 is 18.3 Å². The van der Waals surface area contributed by atoms with E-state index in [1.807, 2.05) is 24.3 Å². The lowest BCUT2D eigenvalue weighted by Gasteiger charge is -2.26. The van der Waals surface area contributed by atoms with E-state index < -0.39 is 36.3 Å². The van der Waals surface area contributed by atoms with Crippen LogP contribution in [-0.2, 0) is 12.8 Å². The molecule has 2 N–H and O–H groups in total. The largest absolute Gasteiger partial charge is 0.461 e. The first kappa shape index (κ1) is 31.7. The fraction of sp³-hybridized carbons (Fsp3) is 0.222. The van der Waals surface area contributed by atoms with Crippen LogP contribution < -0.4 is 10.1 Å². The predicted molar refractivity (Wildman–Crippen MR) is 164 cm³/mol. The third-order valence-corrected chi connectivity index (χ3v) is 7.71. The van der Waals surface area contributed by atoms with Crippen LogP contribution in [0, 0.1) is 0 Å². The smallest absolute Gasteiger partial charge is 0.428 e. The maximum atomic E-state index is 13.7. The third kappa shape index (κ3) is 7.67. The number of aliphatic hydroxyl groups is 1. The van der Waals surface area contributed by atoms with E-state index in [2.05, 4.69) is 10.1 Å². The minimum absolute atomic E-state index is 0.0294. The number of carbonyl (C=O) groups excluding carboxylic acids is 2. The van der Waals surface area contributed by atoms with Gasteiger partial charge in [0.15, 0.2) is 0 Å². The van der Waals surface area contributed by atoms with Crippen LogP contribution in [0.5, 0.6) is 5.75 Å². The Morgan fingerprint density at radius 2 is 1.71 bits per heavy atom. The summed E-state index contributed by atoms with van der Waals surface area (Å²) < 4.78 is 57.0. The number of aldehydes is 1. The topological polar surface area (TPSA) is 75.6 Å². The van der Waals surface area contributed by atoms with Crippen LogP contribution in [0.2, 0.25) is 0 Å². The molecule has 0 heterocycles. The van der Waals surface area contributed by atoms with Crippen LogP contribution in [0.1, 0.15) is 61.9 Å². The number of rotatable bonds is 11. The Morgan fingerprint density at radius 3 is 2.47 bits per heavy atom. The monoisotopic (exact) mass is 617 g/mol. The highest BCUT2D eigenvalue weighted by Gasteiger charge is 2.44. The van der Waals surface area contributed by atoms with Gasteiger partial charge in [0.25, 0.3) is 5.91 Å². The number of halogens is 4. The highest BCUT2D eigenvalue weighted by Crippen LogP contribution is 2.30. The van der Waals surface area contributed by atoms with Crippen molar-refractivity contribution < 1.29 is 37.0 Å². The van der Waals surface area contributed by atoms with Crippen LogP contribution in [0.25, 0.3) is 17.2 Å². The number of amides is 1. The maximum absolute atomic E-state index is 13.7. The van der Waals surface area contributed by atoms with Gasteiger partial charge in [-0.05, 0) is 83.3 Å². The second-order valence-corrected chi connectivity index (χ2v) is 10.9. The molecule has 5 rings (SSSR count). The van der Waals surface area contributed by atoms with Gasteiger partial charge in [-0.15, -0.1) is 0 Å². The molecule has 4 aromatic carbocycles. The van der Waals surface area contributed by atoms with Crippen molar-refractivity contribution in [3.05, 3.63) is 130 Å². The van der Waals surface area contributed by atoms with Crippen LogP contribution in [0.3, 0.4) is 0 Å². The van der Waals surface area contributed by atoms with Crippen LogP contribution >= 0.6 is 0 Å². The Hall–Kier alpha value is -4.76. The zero-order chi connectivity index (χ0) is 32.0. The highest BCUT2D eigenvalue weighted by molar-refractivity contribution is 5.98. The van der Waals surface area contributed by atoms with E-state index in [9.17, 15) is 32.3 Å². The summed E-state index contributed by atoms with van der Waals surface area (Å²) in [5.74, 6) is -0.904. The molecule has 232 valence electrons. The molecule has 1 amide bonds. The summed E-state index contributed by atoms with van der Waals surface area (Å²) in [7, 11) is 0. The van der Waals surface area contributed by atoms with Gasteiger partial charge in [-0.1, -0.05) is 78.9 Å². The number of hydrogen-bond donors (Lipinski definition) is 2. The van der Waals surface area contributed by atoms with E-state index in [0.29, 0.717) is 22.3 Å². The van der Waals surface area contributed by atoms with Gasteiger partial charge in [0.2, 0.25) is 0 Å². The maximum Gasteiger partial charge on any atom is 0.461 e. The molecular formula is C36H31F4NO4. The molecule has 4 aromatic rings. The molecule has 1 aliphatic carbocycles. The number of nitrogens with one attached hydrogen (secondary N) is 1. The van der Waals surface area contributed by atoms with Crippen molar-refractivity contribution in [3.8, 4) is 16.9 Å². The summed E-state index contributed by atoms with van der Waals surface area (Å²) in [6.45, 7) is 0. The lowest BCUT2D eigenvalue weighted by molar-refractivity contribution is -0.253. The number of hydrogen-bond acceptors (Lipinski definition) is 4. The van der Waals surface area contributed by atoms with Gasteiger partial charge >= 0.3 is 12.5 Å². The molecule has 5 nitrogen and oxygen atoms in total. The van der Waals surface area contributed by atoms with Crippen molar-refractivity contribution in [3.63, 3.8) is 0 Å². The zero-order valence-corrected chi connectivity index (χ0v) is 24.1. The van der Waals surface area contributed by atoms with Gasteiger partial charge in [-0.2, -0.15) is 17.6 Å². The molecule has 0 radical (unpaired) electrons. The number of fused-ring (bicyclic) bond motifs is 1. The van der Waals surface area contributed by atoms with Gasteiger partial charge in [0.1, 0.15) is 12.0 Å². The number of carbonyl (C=O) groups is 2. The van der Waals surface area contributed by atoms with Gasteiger partial charge < -0.3 is 15.2 Å². The van der Waals surface area contributed by atoms with Crippen molar-refractivity contribution in [1.82, 2.24) is 5.32 Å². The minimum Gasteiger partial charge on any atom is -0.428 e. The fourth-order valence-electron chi connectivity index (χ4n) is 5.41. The van der Waals surface area contributed by atoms with E-state index >= 15 is 0 Å². The van der Waals surface area contributed by atoms with Gasteiger partial charge in [-0.25, -0.2) is 0 Å². The van der Waals surface area contributed by atoms with E-state index in [-0.39, 0.29) is 6.42 Å². The Balaban J connectivity index is 1.44. The molecule has 0 saturated carbocycles. The van der Waals surface area contributed by atoms with Crippen LogP contribution in [0.15, 0.2) is 97.1 Å². The number of aryl methyl sites for hydroxylation is 1. The van der Waals surface area contributed by atoms with Gasteiger partial charge in [0.05, 0.1) is 12.1 Å². The molecule has 0 bridgehead atoms. The summed E-state index contributed by atoms with van der Waals surface area (Å²) in [5.41, 5.74) is 5.24. The quantitative estimate of drug-likeness (QED) is 0.133. The Bertz CT molecular complexity index is 1690. The molecule has 0 saturated heterocycles. The van der Waals surface area contributed by atoms with Crippen LogP contribution in [0.4, 0.5) is 17.6 Å². The lowest BCUT2D eigenvalue weighted by atomic mass is 9.93. The third-order valence-electron chi connectivity index (χ3n) is 7.71. The number of alkyl halides is 4. The van der Waals surface area contributed by atoms with Crippen molar-refractivity contribution in [2.24, 2.45) is 0 Å². The number of benzene rings is 4. The standard InChI is InChI=1S/C36H31F4NO4/c37-35(38)36(39,40)45-29-12-5-7-23(20-29)21-32(41-34(44)31-14-6-10-26-9-2-1-3-13-30(26)31)33(43)27-17-15-25(16-18-27)28-11-4-8-24(19-28)22-42/h3-8,10-20,22,32-33,35,43H,1-2,9,21H2,(H,41,44). The molecular weight excluding hydrogens is 586 g/mol. The van der Waals surface area contributed by atoms with Crippen LogP contribution in [-0.4, -0.2) is 35.9 Å². The van der Waals surface area contributed by atoms with E-state index in [4.69, 9.17) is 0 Å². The van der Waals surface area contributed by atoms with Gasteiger partial charge in [0, 0.05) is 11.1 Å². The highest BCUT2D eigenvalue weighted by atomic mass is 19.3. The molecule has 2 atom stereocenters. The lowest BCUT2D eigenvalue weighted by Crippen LogP contribution is -2.41. The summed E-state index contributed by atoms with van der Waals surface area (Å²) in [6.07, 6.45) is -2.63. The van der Waals surface area contributed by atoms with E-state index in [1.54, 1.807) is 60.7 Å². The Kier molecular flexibility index (Phi) is 9.78. The number of allylic oxidation sites excluding steroid dienone is 1. The van der Waals surface area contributed by atoms with E-state index in [1.165, 1.54) is 12.1 Å². The SMILES string of the molecule is O=Cc1cccc(-c2ccc(C(O)C(Cc3cccc(OC(F)(F)C(F)F)c3)NC(=O)c3cccc4c3C=CCCC4)cc2)c1. The number of aliphatic hydroxyl groups excluding tert-OH is 1. The molecule has 0 aliphatic heterocycles. The summed E-state index contributed by atoms with van der Waals surface area (Å²) in [6, 6.07) is 23.8. The first-order chi connectivity index (χ1) is 21.6. The molecule has 1 aliphatic rings. The van der Waals surface area contributed by atoms with Crippen molar-refractivity contribution in [1.29, 1.82) is 0 Å². The molecule has 45 heavy (non-hydrogen) atoms. The average molecular weight is 618 g/mol. The summed E-state index contributed by atoms with van der Waals surface area (Å²) in [4.78, 5) is 24.9. The molecule has 0 aromatic heterocycles. The summed E-state index contributed by atoms with van der Waals surface area (Å²) in [5, 5.41) is 14.5. The number of ether oxygens (including phenoxy) is 1. The second-order valence-electron chi connectivity index (χ2n) is 10.9. The zero-order valence-electron chi connectivity index (χ0n) is 24.1. The summed E-state index contributed by atoms with van der Waals surface area (Å²) >= 11 is 0. The second kappa shape index (κ2) is 13.9. The van der Waals surface area contributed by atoms with Crippen molar-refractivity contribution in [2.45, 2.75) is 50.4 Å². The normalized spacial score (nSPS) is 14.3. The Labute approximate surface area is 258 Å².